The smallest absolute Gasteiger partial charge is 0.256 e. The number of hydrogen-bond donors (Lipinski definition) is 0. The van der Waals surface area contributed by atoms with Crippen molar-refractivity contribution in [3.8, 4) is 16.9 Å². The van der Waals surface area contributed by atoms with Gasteiger partial charge in [0.05, 0.1) is 41.1 Å². The molecule has 7 nitrogen and oxygen atoms in total. The lowest BCUT2D eigenvalue weighted by Gasteiger charge is -2.45. The monoisotopic (exact) mass is 478 g/mol. The Morgan fingerprint density at radius 3 is 2.49 bits per heavy atom. The highest BCUT2D eigenvalue weighted by Crippen LogP contribution is 2.45. The maximum atomic E-state index is 14.0. The van der Waals surface area contributed by atoms with Gasteiger partial charge in [-0.15, -0.1) is 0 Å². The Kier molecular flexibility index (Phi) is 4.98. The SMILES string of the molecule is Cn1nc2c(c1-c1cc(F)c(F)c(F)c1)C[C@H]1CCC[C@@H]2N1C(=O)c1ccccc1-n1nccn1. The van der Waals surface area contributed by atoms with Crippen LogP contribution in [0, 0.1) is 17.5 Å². The highest BCUT2D eigenvalue weighted by atomic mass is 19.2. The van der Waals surface area contributed by atoms with Gasteiger partial charge in [0, 0.05) is 24.2 Å². The number of fused-ring (bicyclic) bond motifs is 4. The molecule has 0 saturated carbocycles. The molecule has 2 aliphatic heterocycles. The first-order valence-electron chi connectivity index (χ1n) is 11.4. The zero-order valence-electron chi connectivity index (χ0n) is 18.8. The van der Waals surface area contributed by atoms with Gasteiger partial charge >= 0.3 is 0 Å². The van der Waals surface area contributed by atoms with Crippen molar-refractivity contribution in [1.29, 1.82) is 0 Å². The molecule has 1 amide bonds. The van der Waals surface area contributed by atoms with Crippen molar-refractivity contribution >= 4 is 5.91 Å². The maximum Gasteiger partial charge on any atom is 0.256 e. The fourth-order valence-corrected chi connectivity index (χ4v) is 5.51. The number of nitrogens with zero attached hydrogens (tertiary/aromatic N) is 6. The Bertz CT molecular complexity index is 1420. The van der Waals surface area contributed by atoms with E-state index in [0.29, 0.717) is 29.1 Å². The largest absolute Gasteiger partial charge is 0.327 e. The third-order valence-corrected chi connectivity index (χ3v) is 6.94. The van der Waals surface area contributed by atoms with E-state index in [1.54, 1.807) is 36.3 Å². The average Bonchev–Trinajstić information content (AvgIpc) is 3.49. The number of aromatic nitrogens is 5. The zero-order valence-corrected chi connectivity index (χ0v) is 18.8. The van der Waals surface area contributed by atoms with Crippen molar-refractivity contribution < 1.29 is 18.0 Å². The number of aryl methyl sites for hydroxylation is 1. The normalized spacial score (nSPS) is 19.0. The molecule has 35 heavy (non-hydrogen) atoms. The summed E-state index contributed by atoms with van der Waals surface area (Å²) in [5.74, 6) is -4.12. The van der Waals surface area contributed by atoms with Crippen LogP contribution in [0.3, 0.4) is 0 Å². The number of amides is 1. The number of rotatable bonds is 3. The maximum absolute atomic E-state index is 14.0. The molecule has 1 fully saturated rings. The van der Waals surface area contributed by atoms with E-state index >= 15 is 0 Å². The molecule has 0 unspecified atom stereocenters. The Morgan fingerprint density at radius 2 is 1.74 bits per heavy atom. The van der Waals surface area contributed by atoms with Crippen molar-refractivity contribution in [3.63, 3.8) is 0 Å². The predicted octanol–water partition coefficient (Wildman–Crippen LogP) is 4.38. The fraction of sp³-hybridized carbons (Fsp3) is 0.280. The summed E-state index contributed by atoms with van der Waals surface area (Å²) in [5.41, 5.74) is 3.41. The highest BCUT2D eigenvalue weighted by molar-refractivity contribution is 5.98. The standard InChI is InChI=1S/C25H21F3N6O/c1-32-24(14-11-18(26)22(28)19(27)12-14)17-13-15-5-4-8-21(23(17)31-32)33(15)25(35)16-6-2-3-7-20(16)34-29-9-10-30-34/h2-3,6-7,9-12,15,21H,4-5,8,13H2,1H3/t15-,21+/m1/s1. The van der Waals surface area contributed by atoms with Crippen molar-refractivity contribution in [2.75, 3.05) is 0 Å². The fourth-order valence-electron chi connectivity index (χ4n) is 5.51. The van der Waals surface area contributed by atoms with E-state index in [-0.39, 0.29) is 23.6 Å². The minimum atomic E-state index is -1.50. The third-order valence-electron chi connectivity index (χ3n) is 6.94. The van der Waals surface area contributed by atoms with Crippen molar-refractivity contribution in [3.05, 3.63) is 83.1 Å². The summed E-state index contributed by atoms with van der Waals surface area (Å²) in [6.45, 7) is 0. The molecule has 10 heteroatoms. The van der Waals surface area contributed by atoms with Crippen LogP contribution in [0.5, 0.6) is 0 Å². The number of para-hydroxylation sites is 1. The number of halogens is 3. The van der Waals surface area contributed by atoms with Crippen LogP contribution in [-0.2, 0) is 13.5 Å². The van der Waals surface area contributed by atoms with Gasteiger partial charge in [0.15, 0.2) is 17.5 Å². The second kappa shape index (κ2) is 8.07. The van der Waals surface area contributed by atoms with Crippen molar-refractivity contribution in [2.24, 2.45) is 7.05 Å². The molecule has 2 aromatic heterocycles. The minimum absolute atomic E-state index is 0.106. The minimum Gasteiger partial charge on any atom is -0.327 e. The molecule has 2 aromatic carbocycles. The van der Waals surface area contributed by atoms with Gasteiger partial charge in [-0.2, -0.15) is 20.1 Å². The first-order valence-corrected chi connectivity index (χ1v) is 11.4. The molecule has 0 aliphatic carbocycles. The highest BCUT2D eigenvalue weighted by Gasteiger charge is 2.44. The topological polar surface area (TPSA) is 68.8 Å². The van der Waals surface area contributed by atoms with Crippen LogP contribution in [-0.4, -0.2) is 41.6 Å². The van der Waals surface area contributed by atoms with Gasteiger partial charge in [-0.1, -0.05) is 12.1 Å². The summed E-state index contributed by atoms with van der Waals surface area (Å²) in [7, 11) is 1.70. The van der Waals surface area contributed by atoms with Crippen molar-refractivity contribution in [2.45, 2.75) is 37.8 Å². The van der Waals surface area contributed by atoms with E-state index in [0.717, 1.165) is 37.0 Å². The number of hydrogen-bond acceptors (Lipinski definition) is 4. The second-order valence-electron chi connectivity index (χ2n) is 8.94. The van der Waals surface area contributed by atoms with E-state index in [1.165, 1.54) is 4.80 Å². The van der Waals surface area contributed by atoms with E-state index in [1.807, 2.05) is 17.0 Å². The molecule has 1 saturated heterocycles. The Labute approximate surface area is 198 Å². The Morgan fingerprint density at radius 1 is 1.03 bits per heavy atom. The molecule has 178 valence electrons. The first-order chi connectivity index (χ1) is 16.9. The molecule has 2 atom stereocenters. The first kappa shape index (κ1) is 21.6. The van der Waals surface area contributed by atoms with Gasteiger partial charge in [0.1, 0.15) is 0 Å². The third kappa shape index (κ3) is 3.35. The van der Waals surface area contributed by atoms with Crippen LogP contribution in [0.2, 0.25) is 0 Å². The molecule has 2 aliphatic rings. The summed E-state index contributed by atoms with van der Waals surface area (Å²) < 4.78 is 43.2. The van der Waals surface area contributed by atoms with Crippen molar-refractivity contribution in [1.82, 2.24) is 29.7 Å². The van der Waals surface area contributed by atoms with E-state index in [4.69, 9.17) is 0 Å². The lowest BCUT2D eigenvalue weighted by atomic mass is 9.81. The summed E-state index contributed by atoms with van der Waals surface area (Å²) in [4.78, 5) is 17.2. The molecular weight excluding hydrogens is 457 g/mol. The van der Waals surface area contributed by atoms with E-state index < -0.39 is 17.5 Å². The van der Waals surface area contributed by atoms with Crippen LogP contribution < -0.4 is 0 Å². The molecule has 4 heterocycles. The molecular formula is C25H21F3N6O. The van der Waals surface area contributed by atoms with Crippen LogP contribution in [0.4, 0.5) is 13.2 Å². The Balaban J connectivity index is 1.44. The molecule has 0 radical (unpaired) electrons. The van der Waals surface area contributed by atoms with Gasteiger partial charge in [-0.05, 0) is 49.9 Å². The summed E-state index contributed by atoms with van der Waals surface area (Å²) in [6, 6.07) is 8.81. The summed E-state index contributed by atoms with van der Waals surface area (Å²) in [5, 5.41) is 13.0. The predicted molar refractivity (Wildman–Crippen MR) is 120 cm³/mol. The van der Waals surface area contributed by atoms with Crippen LogP contribution in [0.1, 0.15) is 46.9 Å². The quantitative estimate of drug-likeness (QED) is 0.410. The molecule has 2 bridgehead atoms. The van der Waals surface area contributed by atoms with Crippen LogP contribution >= 0.6 is 0 Å². The average molecular weight is 478 g/mol. The van der Waals surface area contributed by atoms with Gasteiger partial charge in [0.25, 0.3) is 5.91 Å². The summed E-state index contributed by atoms with van der Waals surface area (Å²) >= 11 is 0. The molecule has 0 spiro atoms. The van der Waals surface area contributed by atoms with E-state index in [9.17, 15) is 18.0 Å². The lowest BCUT2D eigenvalue weighted by Crippen LogP contribution is -2.50. The molecule has 0 N–H and O–H groups in total. The number of carbonyl (C=O) groups is 1. The van der Waals surface area contributed by atoms with Crippen LogP contribution in [0.15, 0.2) is 48.8 Å². The zero-order chi connectivity index (χ0) is 24.3. The van der Waals surface area contributed by atoms with Gasteiger partial charge < -0.3 is 4.90 Å². The van der Waals surface area contributed by atoms with Gasteiger partial charge in [0.2, 0.25) is 0 Å². The number of piperidine rings is 1. The van der Waals surface area contributed by atoms with Crippen LogP contribution in [0.25, 0.3) is 16.9 Å². The number of benzene rings is 2. The van der Waals surface area contributed by atoms with Gasteiger partial charge in [-0.25, -0.2) is 13.2 Å². The molecule has 4 aromatic rings. The van der Waals surface area contributed by atoms with Gasteiger partial charge in [-0.3, -0.25) is 9.48 Å². The molecule has 6 rings (SSSR count). The Hall–Kier alpha value is -3.95. The van der Waals surface area contributed by atoms with E-state index in [2.05, 4.69) is 15.3 Å². The second-order valence-corrected chi connectivity index (χ2v) is 8.94. The lowest BCUT2D eigenvalue weighted by molar-refractivity contribution is 0.0391. The summed E-state index contributed by atoms with van der Waals surface area (Å²) in [6.07, 6.45) is 6.06. The number of carbonyl (C=O) groups excluding carboxylic acids is 1.